The maximum absolute atomic E-state index is 12.0. The van der Waals surface area contributed by atoms with Crippen LogP contribution in [0.25, 0.3) is 0 Å². The zero-order chi connectivity index (χ0) is 14.1. The first kappa shape index (κ1) is 13.6. The molecule has 2 N–H and O–H groups in total. The molecule has 5 heteroatoms. The Morgan fingerprint density at radius 2 is 1.95 bits per heavy atom. The Labute approximate surface area is 130 Å². The van der Waals surface area contributed by atoms with Gasteiger partial charge in [-0.1, -0.05) is 45.7 Å². The number of carbonyl (C=O) groups excluding carboxylic acids is 1. The molecule has 0 saturated heterocycles. The number of rotatable bonds is 3. The van der Waals surface area contributed by atoms with E-state index >= 15 is 0 Å². The molecular formula is C15H12BrClN2O. The Morgan fingerprint density at radius 3 is 2.70 bits per heavy atom. The fraction of sp³-hybridized carbons (Fsp3) is 0.133. The fourth-order valence-corrected chi connectivity index (χ4v) is 2.75. The molecule has 1 aliphatic rings. The molecule has 0 fully saturated rings. The van der Waals surface area contributed by atoms with Crippen LogP contribution in [-0.2, 0) is 11.3 Å². The Bertz CT molecular complexity index is 657. The molecule has 1 heterocycles. The second kappa shape index (κ2) is 5.56. The van der Waals surface area contributed by atoms with Crippen molar-refractivity contribution in [2.24, 2.45) is 0 Å². The van der Waals surface area contributed by atoms with Crippen LogP contribution in [0.3, 0.4) is 0 Å². The van der Waals surface area contributed by atoms with Crippen molar-refractivity contribution in [2.45, 2.75) is 12.6 Å². The molecule has 0 aromatic heterocycles. The Kier molecular flexibility index (Phi) is 3.78. The number of hydrogen-bond donors (Lipinski definition) is 2. The summed E-state index contributed by atoms with van der Waals surface area (Å²) in [4.78, 5) is 12.0. The molecule has 2 aromatic rings. The van der Waals surface area contributed by atoms with Crippen molar-refractivity contribution in [3.63, 3.8) is 0 Å². The minimum absolute atomic E-state index is 0.0212. The standard InChI is InChI=1S/C15H12BrClN2O/c16-10-3-6-12-13(7-10)19-15(20)14(12)18-8-9-1-4-11(17)5-2-9/h1-7,14,18H,8H2,(H,19,20). The SMILES string of the molecule is O=C1Nc2cc(Br)ccc2C1NCc1ccc(Cl)cc1. The lowest BCUT2D eigenvalue weighted by atomic mass is 10.1. The highest BCUT2D eigenvalue weighted by atomic mass is 79.9. The quantitative estimate of drug-likeness (QED) is 0.881. The monoisotopic (exact) mass is 350 g/mol. The minimum atomic E-state index is -0.311. The topological polar surface area (TPSA) is 41.1 Å². The van der Waals surface area contributed by atoms with E-state index in [0.717, 1.165) is 21.3 Å². The lowest BCUT2D eigenvalue weighted by Gasteiger charge is -2.11. The van der Waals surface area contributed by atoms with Crippen molar-refractivity contribution < 1.29 is 4.79 Å². The van der Waals surface area contributed by atoms with Crippen LogP contribution < -0.4 is 10.6 Å². The van der Waals surface area contributed by atoms with Gasteiger partial charge >= 0.3 is 0 Å². The second-order valence-electron chi connectivity index (χ2n) is 4.66. The maximum Gasteiger partial charge on any atom is 0.246 e. The van der Waals surface area contributed by atoms with Gasteiger partial charge in [0.1, 0.15) is 6.04 Å². The lowest BCUT2D eigenvalue weighted by molar-refractivity contribution is -0.117. The Hall–Kier alpha value is -1.36. The first-order valence-corrected chi connectivity index (χ1v) is 7.39. The van der Waals surface area contributed by atoms with Crippen molar-refractivity contribution in [3.8, 4) is 0 Å². The summed E-state index contributed by atoms with van der Waals surface area (Å²) < 4.78 is 0.954. The maximum atomic E-state index is 12.0. The van der Waals surface area contributed by atoms with Gasteiger partial charge in [-0.15, -0.1) is 0 Å². The van der Waals surface area contributed by atoms with Crippen molar-refractivity contribution in [3.05, 3.63) is 63.1 Å². The average Bonchev–Trinajstić information content (AvgIpc) is 2.73. The highest BCUT2D eigenvalue weighted by Crippen LogP contribution is 2.33. The number of amides is 1. The third kappa shape index (κ3) is 2.73. The zero-order valence-electron chi connectivity index (χ0n) is 10.5. The van der Waals surface area contributed by atoms with Crippen LogP contribution in [0.2, 0.25) is 5.02 Å². The molecule has 1 atom stereocenters. The van der Waals surface area contributed by atoms with Crippen molar-refractivity contribution in [2.75, 3.05) is 5.32 Å². The number of anilines is 1. The smallest absolute Gasteiger partial charge is 0.246 e. The van der Waals surface area contributed by atoms with Gasteiger partial charge in [-0.25, -0.2) is 0 Å². The lowest BCUT2D eigenvalue weighted by Crippen LogP contribution is -2.27. The van der Waals surface area contributed by atoms with Crippen molar-refractivity contribution >= 4 is 39.1 Å². The van der Waals surface area contributed by atoms with Crippen molar-refractivity contribution in [1.29, 1.82) is 0 Å². The Balaban J connectivity index is 1.75. The molecule has 0 spiro atoms. The molecule has 1 aliphatic heterocycles. The van der Waals surface area contributed by atoms with Gasteiger partial charge in [0.05, 0.1) is 0 Å². The summed E-state index contributed by atoms with van der Waals surface area (Å²) in [5, 5.41) is 6.86. The third-order valence-corrected chi connectivity index (χ3v) is 4.02. The highest BCUT2D eigenvalue weighted by Gasteiger charge is 2.29. The average molecular weight is 352 g/mol. The molecule has 1 unspecified atom stereocenters. The normalized spacial score (nSPS) is 16.9. The van der Waals surface area contributed by atoms with Crippen LogP contribution in [-0.4, -0.2) is 5.91 Å². The molecule has 20 heavy (non-hydrogen) atoms. The molecular weight excluding hydrogens is 340 g/mol. The summed E-state index contributed by atoms with van der Waals surface area (Å²) in [7, 11) is 0. The molecule has 1 amide bonds. The van der Waals surface area contributed by atoms with Gasteiger partial charge < -0.3 is 5.32 Å². The van der Waals surface area contributed by atoms with Crippen LogP contribution in [0.1, 0.15) is 17.2 Å². The molecule has 2 aromatic carbocycles. The van der Waals surface area contributed by atoms with Crippen LogP contribution >= 0.6 is 27.5 Å². The van der Waals surface area contributed by atoms with Gasteiger partial charge in [0.2, 0.25) is 5.91 Å². The van der Waals surface area contributed by atoms with E-state index in [1.807, 2.05) is 42.5 Å². The summed E-state index contributed by atoms with van der Waals surface area (Å²) in [5.41, 5.74) is 2.93. The van der Waals surface area contributed by atoms with E-state index in [0.29, 0.717) is 11.6 Å². The first-order valence-electron chi connectivity index (χ1n) is 6.21. The van der Waals surface area contributed by atoms with E-state index in [2.05, 4.69) is 26.6 Å². The molecule has 0 radical (unpaired) electrons. The highest BCUT2D eigenvalue weighted by molar-refractivity contribution is 9.10. The Morgan fingerprint density at radius 1 is 1.20 bits per heavy atom. The van der Waals surface area contributed by atoms with Crippen molar-refractivity contribution in [1.82, 2.24) is 5.32 Å². The molecule has 3 rings (SSSR count). The summed E-state index contributed by atoms with van der Waals surface area (Å²) in [6.45, 7) is 0.616. The van der Waals surface area contributed by atoms with E-state index in [4.69, 9.17) is 11.6 Å². The number of fused-ring (bicyclic) bond motifs is 1. The van der Waals surface area contributed by atoms with Gasteiger partial charge in [0, 0.05) is 27.3 Å². The number of halogens is 2. The van der Waals surface area contributed by atoms with E-state index in [1.165, 1.54) is 0 Å². The van der Waals surface area contributed by atoms with Crippen LogP contribution in [0.4, 0.5) is 5.69 Å². The van der Waals surface area contributed by atoms with Gasteiger partial charge in [-0.2, -0.15) is 0 Å². The zero-order valence-corrected chi connectivity index (χ0v) is 12.8. The number of nitrogens with one attached hydrogen (secondary N) is 2. The van der Waals surface area contributed by atoms with Gasteiger partial charge in [-0.3, -0.25) is 10.1 Å². The van der Waals surface area contributed by atoms with Crippen LogP contribution in [0, 0.1) is 0 Å². The molecule has 0 bridgehead atoms. The number of benzene rings is 2. The van der Waals surface area contributed by atoms with E-state index in [1.54, 1.807) is 0 Å². The third-order valence-electron chi connectivity index (χ3n) is 3.27. The summed E-state index contributed by atoms with van der Waals surface area (Å²) in [6, 6.07) is 13.1. The van der Waals surface area contributed by atoms with E-state index in [-0.39, 0.29) is 11.9 Å². The van der Waals surface area contributed by atoms with Crippen LogP contribution in [0.5, 0.6) is 0 Å². The predicted molar refractivity (Wildman–Crippen MR) is 83.8 cm³/mol. The number of hydrogen-bond acceptors (Lipinski definition) is 2. The first-order chi connectivity index (χ1) is 9.63. The van der Waals surface area contributed by atoms with Gasteiger partial charge in [-0.05, 0) is 29.8 Å². The van der Waals surface area contributed by atoms with E-state index in [9.17, 15) is 4.79 Å². The van der Waals surface area contributed by atoms with E-state index < -0.39 is 0 Å². The predicted octanol–water partition coefficient (Wildman–Crippen LogP) is 3.89. The van der Waals surface area contributed by atoms with Crippen LogP contribution in [0.15, 0.2) is 46.9 Å². The summed E-state index contributed by atoms with van der Waals surface area (Å²) >= 11 is 9.26. The van der Waals surface area contributed by atoms with Gasteiger partial charge in [0.25, 0.3) is 0 Å². The molecule has 0 saturated carbocycles. The number of carbonyl (C=O) groups is 1. The minimum Gasteiger partial charge on any atom is -0.324 e. The summed E-state index contributed by atoms with van der Waals surface area (Å²) in [6.07, 6.45) is 0. The molecule has 102 valence electrons. The summed E-state index contributed by atoms with van der Waals surface area (Å²) in [5.74, 6) is -0.0212. The molecule has 0 aliphatic carbocycles. The molecule has 3 nitrogen and oxygen atoms in total. The second-order valence-corrected chi connectivity index (χ2v) is 6.01. The fourth-order valence-electron chi connectivity index (χ4n) is 2.26. The van der Waals surface area contributed by atoms with Gasteiger partial charge in [0.15, 0.2) is 0 Å². The largest absolute Gasteiger partial charge is 0.324 e.